The van der Waals surface area contributed by atoms with Crippen molar-refractivity contribution in [2.45, 2.75) is 19.4 Å². The topological polar surface area (TPSA) is 55.1 Å². The number of aromatic nitrogens is 2. The molecule has 0 radical (unpaired) electrons. The van der Waals surface area contributed by atoms with Gasteiger partial charge in [-0.1, -0.05) is 0 Å². The van der Waals surface area contributed by atoms with E-state index in [9.17, 15) is 4.79 Å². The zero-order valence-electron chi connectivity index (χ0n) is 6.90. The molecule has 13 heavy (non-hydrogen) atoms. The van der Waals surface area contributed by atoms with E-state index in [1.807, 2.05) is 10.8 Å². The van der Waals surface area contributed by atoms with E-state index in [0.29, 0.717) is 12.8 Å². The molecule has 0 amide bonds. The molecule has 5 heteroatoms. The van der Waals surface area contributed by atoms with Gasteiger partial charge in [0.15, 0.2) is 0 Å². The van der Waals surface area contributed by atoms with Gasteiger partial charge in [-0.15, -0.1) is 0 Å². The third-order valence-electron chi connectivity index (χ3n) is 2.33. The van der Waals surface area contributed by atoms with Crippen molar-refractivity contribution in [3.8, 4) is 0 Å². The van der Waals surface area contributed by atoms with Crippen molar-refractivity contribution in [2.24, 2.45) is 5.92 Å². The van der Waals surface area contributed by atoms with Crippen LogP contribution in [0.5, 0.6) is 0 Å². The molecule has 2 heterocycles. The zero-order valence-corrected chi connectivity index (χ0v) is 8.49. The maximum atomic E-state index is 10.7. The van der Waals surface area contributed by atoms with Gasteiger partial charge in [0.05, 0.1) is 5.92 Å². The van der Waals surface area contributed by atoms with E-state index < -0.39 is 5.97 Å². The highest BCUT2D eigenvalue weighted by Gasteiger charge is 2.25. The molecule has 1 aliphatic heterocycles. The maximum Gasteiger partial charge on any atom is 0.307 e. The molecule has 1 atom stereocenters. The Balaban J connectivity index is 2.24. The van der Waals surface area contributed by atoms with Gasteiger partial charge < -0.3 is 9.67 Å². The van der Waals surface area contributed by atoms with Crippen LogP contribution < -0.4 is 0 Å². The minimum absolute atomic E-state index is 0.262. The molecule has 70 valence electrons. The number of hydrogen-bond donors (Lipinski definition) is 1. The first-order valence-electron chi connectivity index (χ1n) is 4.11. The molecule has 1 aliphatic rings. The number of fused-ring (bicyclic) bond motifs is 1. The Bertz CT molecular complexity index is 348. The van der Waals surface area contributed by atoms with Crippen LogP contribution >= 0.6 is 15.9 Å². The smallest absolute Gasteiger partial charge is 0.307 e. The molecule has 0 aromatic carbocycles. The quantitative estimate of drug-likeness (QED) is 0.811. The highest BCUT2D eigenvalue weighted by Crippen LogP contribution is 2.22. The minimum atomic E-state index is -0.717. The molecule has 0 spiro atoms. The predicted octanol–water partition coefficient (Wildman–Crippen LogP) is 1.29. The van der Waals surface area contributed by atoms with E-state index in [1.54, 1.807) is 0 Å². The van der Waals surface area contributed by atoms with Crippen LogP contribution in [-0.4, -0.2) is 20.6 Å². The van der Waals surface area contributed by atoms with Crippen LogP contribution in [0.1, 0.15) is 12.2 Å². The number of rotatable bonds is 1. The summed E-state index contributed by atoms with van der Waals surface area (Å²) in [6.07, 6.45) is 3.14. The first-order valence-corrected chi connectivity index (χ1v) is 4.90. The van der Waals surface area contributed by atoms with Gasteiger partial charge in [-0.3, -0.25) is 4.79 Å². The summed E-state index contributed by atoms with van der Waals surface area (Å²) in [4.78, 5) is 14.9. The first kappa shape index (κ1) is 8.74. The van der Waals surface area contributed by atoms with Gasteiger partial charge in [-0.05, 0) is 22.4 Å². The van der Waals surface area contributed by atoms with E-state index in [4.69, 9.17) is 5.11 Å². The number of carbonyl (C=O) groups is 1. The Morgan fingerprint density at radius 3 is 3.23 bits per heavy atom. The molecular weight excluding hydrogens is 236 g/mol. The van der Waals surface area contributed by atoms with Crippen molar-refractivity contribution in [1.82, 2.24) is 9.55 Å². The lowest BCUT2D eigenvalue weighted by atomic mass is 9.98. The average Bonchev–Trinajstić information content (AvgIpc) is 2.42. The van der Waals surface area contributed by atoms with Crippen LogP contribution in [0.2, 0.25) is 0 Å². The normalized spacial score (nSPS) is 21.2. The van der Waals surface area contributed by atoms with Crippen LogP contribution in [0.15, 0.2) is 10.8 Å². The summed E-state index contributed by atoms with van der Waals surface area (Å²) in [6, 6.07) is 0. The summed E-state index contributed by atoms with van der Waals surface area (Å²) < 4.78 is 2.79. The molecule has 2 rings (SSSR count). The number of carboxylic acid groups (broad SMARTS) is 1. The van der Waals surface area contributed by atoms with Gasteiger partial charge >= 0.3 is 5.97 Å². The highest BCUT2D eigenvalue weighted by molar-refractivity contribution is 9.10. The van der Waals surface area contributed by atoms with E-state index in [-0.39, 0.29) is 5.92 Å². The summed E-state index contributed by atoms with van der Waals surface area (Å²) in [5.41, 5.74) is 0. The van der Waals surface area contributed by atoms with E-state index in [0.717, 1.165) is 17.0 Å². The average molecular weight is 245 g/mol. The van der Waals surface area contributed by atoms with Crippen molar-refractivity contribution in [3.05, 3.63) is 16.6 Å². The Kier molecular flexibility index (Phi) is 2.11. The number of aliphatic carboxylic acids is 1. The standard InChI is InChI=1S/C8H9BrN2O2/c9-6-4-11-2-1-5(8(12)13)3-7(11)10-6/h4-5H,1-3H2,(H,12,13). The van der Waals surface area contributed by atoms with Crippen molar-refractivity contribution >= 4 is 21.9 Å². The van der Waals surface area contributed by atoms with E-state index >= 15 is 0 Å². The SMILES string of the molecule is O=C(O)C1CCn2cc(Br)nc2C1. The van der Waals surface area contributed by atoms with Gasteiger partial charge in [0, 0.05) is 19.2 Å². The number of imidazole rings is 1. The second-order valence-electron chi connectivity index (χ2n) is 3.20. The van der Waals surface area contributed by atoms with Crippen molar-refractivity contribution in [3.63, 3.8) is 0 Å². The molecular formula is C8H9BrN2O2. The minimum Gasteiger partial charge on any atom is -0.481 e. The second kappa shape index (κ2) is 3.14. The fourth-order valence-electron chi connectivity index (χ4n) is 1.60. The van der Waals surface area contributed by atoms with Gasteiger partial charge in [-0.25, -0.2) is 4.98 Å². The molecule has 1 aromatic heterocycles. The molecule has 4 nitrogen and oxygen atoms in total. The summed E-state index contributed by atoms with van der Waals surface area (Å²) >= 11 is 3.27. The van der Waals surface area contributed by atoms with E-state index in [2.05, 4.69) is 20.9 Å². The monoisotopic (exact) mass is 244 g/mol. The third kappa shape index (κ3) is 1.60. The van der Waals surface area contributed by atoms with Crippen molar-refractivity contribution in [2.75, 3.05) is 0 Å². The van der Waals surface area contributed by atoms with Crippen molar-refractivity contribution in [1.29, 1.82) is 0 Å². The number of halogens is 1. The molecule has 1 unspecified atom stereocenters. The fraction of sp³-hybridized carbons (Fsp3) is 0.500. The lowest BCUT2D eigenvalue weighted by Gasteiger charge is -2.19. The van der Waals surface area contributed by atoms with Crippen LogP contribution in [0.4, 0.5) is 0 Å². The predicted molar refractivity (Wildman–Crippen MR) is 49.4 cm³/mol. The molecule has 0 saturated heterocycles. The van der Waals surface area contributed by atoms with Gasteiger partial charge in [0.1, 0.15) is 10.4 Å². The molecule has 1 aromatic rings. The maximum absolute atomic E-state index is 10.7. The van der Waals surface area contributed by atoms with Crippen LogP contribution in [0.3, 0.4) is 0 Å². The van der Waals surface area contributed by atoms with Gasteiger partial charge in [0.2, 0.25) is 0 Å². The van der Waals surface area contributed by atoms with E-state index in [1.165, 1.54) is 0 Å². The number of hydrogen-bond acceptors (Lipinski definition) is 2. The fourth-order valence-corrected chi connectivity index (χ4v) is 2.06. The Labute approximate surface area is 83.7 Å². The number of nitrogens with zero attached hydrogens (tertiary/aromatic N) is 2. The summed E-state index contributed by atoms with van der Waals surface area (Å²) in [7, 11) is 0. The van der Waals surface area contributed by atoms with Crippen LogP contribution in [0, 0.1) is 5.92 Å². The largest absolute Gasteiger partial charge is 0.481 e. The second-order valence-corrected chi connectivity index (χ2v) is 4.01. The molecule has 1 N–H and O–H groups in total. The summed E-state index contributed by atoms with van der Waals surface area (Å²) in [5, 5.41) is 8.82. The highest BCUT2D eigenvalue weighted by atomic mass is 79.9. The Morgan fingerprint density at radius 2 is 2.54 bits per heavy atom. The zero-order chi connectivity index (χ0) is 9.42. The molecule has 0 bridgehead atoms. The van der Waals surface area contributed by atoms with Crippen molar-refractivity contribution < 1.29 is 9.90 Å². The molecule has 0 fully saturated rings. The summed E-state index contributed by atoms with van der Waals surface area (Å²) in [6.45, 7) is 0.755. The Hall–Kier alpha value is -0.840. The summed E-state index contributed by atoms with van der Waals surface area (Å²) in [5.74, 6) is -0.113. The number of carboxylic acids is 1. The van der Waals surface area contributed by atoms with Crippen LogP contribution in [-0.2, 0) is 17.8 Å². The first-order chi connectivity index (χ1) is 6.16. The van der Waals surface area contributed by atoms with Crippen LogP contribution in [0.25, 0.3) is 0 Å². The Morgan fingerprint density at radius 1 is 1.77 bits per heavy atom. The lowest BCUT2D eigenvalue weighted by molar-refractivity contribution is -0.142. The molecule has 0 saturated carbocycles. The number of aryl methyl sites for hydroxylation is 1. The molecule has 0 aliphatic carbocycles. The van der Waals surface area contributed by atoms with Gasteiger partial charge in [-0.2, -0.15) is 0 Å². The third-order valence-corrected chi connectivity index (χ3v) is 2.71. The lowest BCUT2D eigenvalue weighted by Crippen LogP contribution is -2.25. The van der Waals surface area contributed by atoms with Gasteiger partial charge in [0.25, 0.3) is 0 Å².